The maximum absolute atomic E-state index is 11.8. The van der Waals surface area contributed by atoms with Gasteiger partial charge in [-0.15, -0.1) is 0 Å². The maximum Gasteiger partial charge on any atom is 0.221 e. The summed E-state index contributed by atoms with van der Waals surface area (Å²) < 4.78 is 5.28. The second-order valence-corrected chi connectivity index (χ2v) is 6.01. The number of benzene rings is 1. The first-order chi connectivity index (χ1) is 10.6. The average molecular weight is 346 g/mol. The molecule has 22 heavy (non-hydrogen) atoms. The fourth-order valence-electron chi connectivity index (χ4n) is 2.24. The molecule has 1 aliphatic rings. The predicted molar refractivity (Wildman–Crippen MR) is 89.8 cm³/mol. The molecule has 0 atom stereocenters. The van der Waals surface area contributed by atoms with Crippen LogP contribution < -0.4 is 10.6 Å². The van der Waals surface area contributed by atoms with E-state index in [0.717, 1.165) is 38.5 Å². The summed E-state index contributed by atoms with van der Waals surface area (Å²) in [5.74, 6) is 0.0360. The zero-order chi connectivity index (χ0) is 15.8. The normalized spacial score (nSPS) is 15.5. The van der Waals surface area contributed by atoms with Crippen LogP contribution in [0.15, 0.2) is 18.2 Å². The van der Waals surface area contributed by atoms with Crippen LogP contribution in [0.25, 0.3) is 0 Å². The molecule has 122 valence electrons. The number of hydrogen-bond acceptors (Lipinski definition) is 4. The SMILES string of the molecule is O=C(CCNc1cc(Cl)cc(Cl)c1)NCCN1CCOCC1. The summed E-state index contributed by atoms with van der Waals surface area (Å²) in [5.41, 5.74) is 0.818. The van der Waals surface area contributed by atoms with Gasteiger partial charge in [-0.05, 0) is 18.2 Å². The Balaban J connectivity index is 1.59. The van der Waals surface area contributed by atoms with Crippen LogP contribution in [0.2, 0.25) is 10.0 Å². The van der Waals surface area contributed by atoms with Crippen LogP contribution in [0.3, 0.4) is 0 Å². The van der Waals surface area contributed by atoms with Crippen molar-refractivity contribution in [2.24, 2.45) is 0 Å². The van der Waals surface area contributed by atoms with Gasteiger partial charge >= 0.3 is 0 Å². The van der Waals surface area contributed by atoms with Crippen molar-refractivity contribution in [2.75, 3.05) is 51.3 Å². The van der Waals surface area contributed by atoms with Crippen LogP contribution in [0, 0.1) is 0 Å². The van der Waals surface area contributed by atoms with Gasteiger partial charge in [0.1, 0.15) is 0 Å². The Morgan fingerprint density at radius 3 is 2.50 bits per heavy atom. The smallest absolute Gasteiger partial charge is 0.221 e. The number of halogens is 2. The van der Waals surface area contributed by atoms with Crippen LogP contribution in [0.1, 0.15) is 6.42 Å². The third kappa shape index (κ3) is 6.40. The molecular weight excluding hydrogens is 325 g/mol. The Morgan fingerprint density at radius 1 is 1.14 bits per heavy atom. The van der Waals surface area contributed by atoms with Gasteiger partial charge in [-0.25, -0.2) is 0 Å². The second kappa shape index (κ2) is 9.20. The van der Waals surface area contributed by atoms with Gasteiger partial charge in [-0.1, -0.05) is 23.2 Å². The van der Waals surface area contributed by atoms with E-state index in [2.05, 4.69) is 15.5 Å². The minimum atomic E-state index is 0.0360. The standard InChI is InChI=1S/C15H21Cl2N3O2/c16-12-9-13(17)11-14(10-12)18-2-1-15(21)19-3-4-20-5-7-22-8-6-20/h9-11,18H,1-8H2,(H,19,21). The van der Waals surface area contributed by atoms with E-state index in [1.165, 1.54) is 0 Å². The molecular formula is C15H21Cl2N3O2. The van der Waals surface area contributed by atoms with Gasteiger partial charge < -0.3 is 15.4 Å². The topological polar surface area (TPSA) is 53.6 Å². The fourth-order valence-corrected chi connectivity index (χ4v) is 2.77. The molecule has 0 aromatic heterocycles. The van der Waals surface area contributed by atoms with Crippen molar-refractivity contribution >= 4 is 34.8 Å². The first kappa shape index (κ1) is 17.3. The zero-order valence-corrected chi connectivity index (χ0v) is 13.9. The number of carbonyl (C=O) groups excluding carboxylic acids is 1. The number of morpholine rings is 1. The largest absolute Gasteiger partial charge is 0.384 e. The molecule has 1 amide bonds. The van der Waals surface area contributed by atoms with E-state index < -0.39 is 0 Å². The van der Waals surface area contributed by atoms with Crippen molar-refractivity contribution in [3.05, 3.63) is 28.2 Å². The van der Waals surface area contributed by atoms with Crippen molar-refractivity contribution in [2.45, 2.75) is 6.42 Å². The Morgan fingerprint density at radius 2 is 1.82 bits per heavy atom. The fraction of sp³-hybridized carbons (Fsp3) is 0.533. The lowest BCUT2D eigenvalue weighted by Crippen LogP contribution is -2.41. The molecule has 0 radical (unpaired) electrons. The first-order valence-electron chi connectivity index (χ1n) is 7.40. The highest BCUT2D eigenvalue weighted by molar-refractivity contribution is 6.35. The van der Waals surface area contributed by atoms with Crippen molar-refractivity contribution in [3.8, 4) is 0 Å². The highest BCUT2D eigenvalue weighted by Crippen LogP contribution is 2.22. The van der Waals surface area contributed by atoms with Crippen molar-refractivity contribution in [1.29, 1.82) is 0 Å². The molecule has 5 nitrogen and oxygen atoms in total. The van der Waals surface area contributed by atoms with Gasteiger partial charge in [0.25, 0.3) is 0 Å². The van der Waals surface area contributed by atoms with E-state index in [1.807, 2.05) is 0 Å². The molecule has 1 saturated heterocycles. The number of anilines is 1. The summed E-state index contributed by atoms with van der Waals surface area (Å²) in [5, 5.41) is 7.21. The minimum Gasteiger partial charge on any atom is -0.384 e. The average Bonchev–Trinajstić information content (AvgIpc) is 2.47. The van der Waals surface area contributed by atoms with Crippen molar-refractivity contribution < 1.29 is 9.53 Å². The Kier molecular flexibility index (Phi) is 7.25. The van der Waals surface area contributed by atoms with Gasteiger partial charge in [0.15, 0.2) is 0 Å². The molecule has 0 saturated carbocycles. The van der Waals surface area contributed by atoms with E-state index in [9.17, 15) is 4.79 Å². The minimum absolute atomic E-state index is 0.0360. The molecule has 0 unspecified atom stereocenters. The van der Waals surface area contributed by atoms with Gasteiger partial charge in [0.2, 0.25) is 5.91 Å². The molecule has 1 aromatic carbocycles. The lowest BCUT2D eigenvalue weighted by atomic mass is 10.3. The molecule has 0 aliphatic carbocycles. The van der Waals surface area contributed by atoms with Gasteiger partial charge in [0.05, 0.1) is 13.2 Å². The molecule has 0 spiro atoms. The van der Waals surface area contributed by atoms with E-state index in [0.29, 0.717) is 29.6 Å². The van der Waals surface area contributed by atoms with Crippen LogP contribution in [0.4, 0.5) is 5.69 Å². The third-order valence-corrected chi connectivity index (χ3v) is 3.83. The van der Waals surface area contributed by atoms with Crippen LogP contribution in [-0.2, 0) is 9.53 Å². The maximum atomic E-state index is 11.8. The lowest BCUT2D eigenvalue weighted by molar-refractivity contribution is -0.120. The molecule has 1 aromatic rings. The summed E-state index contributed by atoms with van der Waals surface area (Å²) >= 11 is 11.8. The zero-order valence-electron chi connectivity index (χ0n) is 12.4. The van der Waals surface area contributed by atoms with Crippen molar-refractivity contribution in [1.82, 2.24) is 10.2 Å². The highest BCUT2D eigenvalue weighted by Gasteiger charge is 2.10. The number of hydrogen-bond donors (Lipinski definition) is 2. The summed E-state index contributed by atoms with van der Waals surface area (Å²) in [6.45, 7) is 5.51. The number of nitrogens with zero attached hydrogens (tertiary/aromatic N) is 1. The van der Waals surface area contributed by atoms with Gasteiger partial charge in [-0.2, -0.15) is 0 Å². The number of nitrogens with one attached hydrogen (secondary N) is 2. The summed E-state index contributed by atoms with van der Waals surface area (Å²) in [6.07, 6.45) is 0.410. The third-order valence-electron chi connectivity index (χ3n) is 3.40. The number of amides is 1. The molecule has 2 rings (SSSR count). The van der Waals surface area contributed by atoms with E-state index in [-0.39, 0.29) is 5.91 Å². The number of rotatable bonds is 7. The van der Waals surface area contributed by atoms with E-state index >= 15 is 0 Å². The monoisotopic (exact) mass is 345 g/mol. The number of carbonyl (C=O) groups is 1. The molecule has 1 fully saturated rings. The molecule has 2 N–H and O–H groups in total. The van der Waals surface area contributed by atoms with Crippen LogP contribution in [-0.4, -0.2) is 56.7 Å². The predicted octanol–water partition coefficient (Wildman–Crippen LogP) is 2.24. The quantitative estimate of drug-likeness (QED) is 0.795. The summed E-state index contributed by atoms with van der Waals surface area (Å²) in [6, 6.07) is 5.24. The molecule has 7 heteroatoms. The molecule has 0 bridgehead atoms. The Hall–Kier alpha value is -1.01. The van der Waals surface area contributed by atoms with Crippen LogP contribution in [0.5, 0.6) is 0 Å². The molecule has 1 heterocycles. The lowest BCUT2D eigenvalue weighted by Gasteiger charge is -2.26. The number of ether oxygens (including phenoxy) is 1. The summed E-state index contributed by atoms with van der Waals surface area (Å²) in [4.78, 5) is 14.1. The second-order valence-electron chi connectivity index (χ2n) is 5.14. The van der Waals surface area contributed by atoms with Gasteiger partial charge in [0, 0.05) is 54.9 Å². The van der Waals surface area contributed by atoms with E-state index in [1.54, 1.807) is 18.2 Å². The van der Waals surface area contributed by atoms with Crippen molar-refractivity contribution in [3.63, 3.8) is 0 Å². The van der Waals surface area contributed by atoms with Gasteiger partial charge in [-0.3, -0.25) is 9.69 Å². The molecule has 1 aliphatic heterocycles. The van der Waals surface area contributed by atoms with E-state index in [4.69, 9.17) is 27.9 Å². The highest BCUT2D eigenvalue weighted by atomic mass is 35.5. The summed E-state index contributed by atoms with van der Waals surface area (Å²) in [7, 11) is 0. The first-order valence-corrected chi connectivity index (χ1v) is 8.16. The Bertz CT molecular complexity index is 473. The van der Waals surface area contributed by atoms with Crippen LogP contribution >= 0.6 is 23.2 Å². The Labute approximate surface area is 140 Å².